The maximum absolute atomic E-state index is 12.7. The zero-order valence-electron chi connectivity index (χ0n) is 12.9. The van der Waals surface area contributed by atoms with E-state index in [0.717, 1.165) is 16.5 Å². The lowest BCUT2D eigenvalue weighted by Gasteiger charge is -2.17. The number of carbonyl (C=O) groups excluding carboxylic acids is 1. The number of carbonyl (C=O) groups is 1. The van der Waals surface area contributed by atoms with Crippen molar-refractivity contribution < 1.29 is 4.79 Å². The third kappa shape index (κ3) is 3.21. The van der Waals surface area contributed by atoms with Crippen LogP contribution in [0.2, 0.25) is 10.0 Å². The minimum absolute atomic E-state index is 0.0326. The number of aromatic nitrogens is 1. The monoisotopic (exact) mass is 346 g/mol. The fraction of sp³-hybridized carbons (Fsp3) is 0.167. The van der Waals surface area contributed by atoms with Crippen LogP contribution in [-0.4, -0.2) is 22.4 Å². The fourth-order valence-corrected chi connectivity index (χ4v) is 2.93. The lowest BCUT2D eigenvalue weighted by atomic mass is 10.2. The third-order valence-electron chi connectivity index (χ3n) is 3.91. The minimum Gasteiger partial charge on any atom is -0.340 e. The number of nitrogens with zero attached hydrogens (tertiary/aromatic N) is 2. The zero-order chi connectivity index (χ0) is 16.6. The Balaban J connectivity index is 1.87. The van der Waals surface area contributed by atoms with E-state index in [1.165, 1.54) is 0 Å². The number of halogens is 2. The Morgan fingerprint density at radius 1 is 1.04 bits per heavy atom. The van der Waals surface area contributed by atoms with Crippen molar-refractivity contribution in [2.45, 2.75) is 6.54 Å². The van der Waals surface area contributed by atoms with E-state index in [9.17, 15) is 4.79 Å². The molecule has 0 saturated heterocycles. The minimum atomic E-state index is -0.0326. The molecular weight excluding hydrogens is 331 g/mol. The second-order valence-electron chi connectivity index (χ2n) is 5.58. The predicted octanol–water partition coefficient (Wildman–Crippen LogP) is 4.76. The van der Waals surface area contributed by atoms with E-state index in [4.69, 9.17) is 23.2 Å². The van der Waals surface area contributed by atoms with Crippen molar-refractivity contribution in [2.75, 3.05) is 7.05 Å². The van der Waals surface area contributed by atoms with Crippen molar-refractivity contribution in [3.63, 3.8) is 0 Å². The van der Waals surface area contributed by atoms with E-state index in [0.29, 0.717) is 22.3 Å². The lowest BCUT2D eigenvalue weighted by molar-refractivity contribution is 0.0776. The summed E-state index contributed by atoms with van der Waals surface area (Å²) in [5.41, 5.74) is 2.62. The Labute approximate surface area is 145 Å². The molecule has 0 radical (unpaired) electrons. The molecule has 0 unspecified atom stereocenters. The van der Waals surface area contributed by atoms with E-state index in [-0.39, 0.29) is 5.91 Å². The smallest absolute Gasteiger partial charge is 0.270 e. The predicted molar refractivity (Wildman–Crippen MR) is 95.2 cm³/mol. The number of amides is 1. The van der Waals surface area contributed by atoms with Gasteiger partial charge in [-0.2, -0.15) is 0 Å². The molecule has 0 spiro atoms. The summed E-state index contributed by atoms with van der Waals surface area (Å²) >= 11 is 11.9. The van der Waals surface area contributed by atoms with E-state index >= 15 is 0 Å². The van der Waals surface area contributed by atoms with Gasteiger partial charge < -0.3 is 9.47 Å². The van der Waals surface area contributed by atoms with Gasteiger partial charge in [0.2, 0.25) is 0 Å². The first-order valence-electron chi connectivity index (χ1n) is 7.20. The van der Waals surface area contributed by atoms with Crippen LogP contribution in [0.25, 0.3) is 10.9 Å². The van der Waals surface area contributed by atoms with Gasteiger partial charge in [0, 0.05) is 41.6 Å². The van der Waals surface area contributed by atoms with Crippen LogP contribution in [0.1, 0.15) is 16.1 Å². The van der Waals surface area contributed by atoms with Crippen LogP contribution in [0, 0.1) is 0 Å². The highest BCUT2D eigenvalue weighted by Gasteiger charge is 2.17. The highest BCUT2D eigenvalue weighted by Crippen LogP contribution is 2.23. The molecule has 0 atom stereocenters. The van der Waals surface area contributed by atoms with Crippen LogP contribution in [-0.2, 0) is 13.6 Å². The maximum atomic E-state index is 12.7. The van der Waals surface area contributed by atoms with Gasteiger partial charge in [-0.15, -0.1) is 0 Å². The maximum Gasteiger partial charge on any atom is 0.270 e. The lowest BCUT2D eigenvalue weighted by Crippen LogP contribution is -2.27. The van der Waals surface area contributed by atoms with Crippen molar-refractivity contribution >= 4 is 40.0 Å². The number of aryl methyl sites for hydroxylation is 1. The van der Waals surface area contributed by atoms with Gasteiger partial charge in [0.05, 0.1) is 0 Å². The average Bonchev–Trinajstić information content (AvgIpc) is 2.85. The molecule has 3 aromatic rings. The molecule has 3 rings (SSSR count). The Hall–Kier alpha value is -1.97. The molecule has 1 amide bonds. The normalized spacial score (nSPS) is 11.0. The number of fused-ring (bicyclic) bond motifs is 1. The van der Waals surface area contributed by atoms with Gasteiger partial charge in [-0.1, -0.05) is 41.4 Å². The van der Waals surface area contributed by atoms with Crippen molar-refractivity contribution in [3.8, 4) is 0 Å². The summed E-state index contributed by atoms with van der Waals surface area (Å²) in [6.07, 6.45) is 0. The molecule has 23 heavy (non-hydrogen) atoms. The highest BCUT2D eigenvalue weighted by molar-refractivity contribution is 6.31. The molecule has 2 aromatic carbocycles. The number of rotatable bonds is 3. The van der Waals surface area contributed by atoms with Crippen molar-refractivity contribution in [2.24, 2.45) is 7.05 Å². The zero-order valence-corrected chi connectivity index (χ0v) is 14.4. The molecule has 0 N–H and O–H groups in total. The summed E-state index contributed by atoms with van der Waals surface area (Å²) in [5.74, 6) is -0.0326. The molecule has 0 fully saturated rings. The van der Waals surface area contributed by atoms with Crippen LogP contribution >= 0.6 is 23.2 Å². The molecule has 5 heteroatoms. The molecule has 3 nitrogen and oxygen atoms in total. The molecular formula is C18H16Cl2N2O. The molecule has 0 aliphatic carbocycles. The summed E-state index contributed by atoms with van der Waals surface area (Å²) in [7, 11) is 3.67. The van der Waals surface area contributed by atoms with Gasteiger partial charge in [0.15, 0.2) is 0 Å². The van der Waals surface area contributed by atoms with E-state index in [1.54, 1.807) is 11.9 Å². The molecule has 0 saturated carbocycles. The van der Waals surface area contributed by atoms with Gasteiger partial charge in [0.25, 0.3) is 5.91 Å². The first kappa shape index (κ1) is 15.9. The topological polar surface area (TPSA) is 25.2 Å². The van der Waals surface area contributed by atoms with Gasteiger partial charge >= 0.3 is 0 Å². The number of hydrogen-bond donors (Lipinski definition) is 0. The Morgan fingerprint density at radius 2 is 1.70 bits per heavy atom. The summed E-state index contributed by atoms with van der Waals surface area (Å²) in [6.45, 7) is 0.526. The third-order valence-corrected chi connectivity index (χ3v) is 4.39. The summed E-state index contributed by atoms with van der Waals surface area (Å²) in [5, 5.41) is 2.35. The first-order valence-corrected chi connectivity index (χ1v) is 7.96. The average molecular weight is 347 g/mol. The van der Waals surface area contributed by atoms with E-state index in [2.05, 4.69) is 0 Å². The van der Waals surface area contributed by atoms with E-state index < -0.39 is 0 Å². The number of hydrogen-bond acceptors (Lipinski definition) is 1. The second-order valence-corrected chi connectivity index (χ2v) is 6.45. The Kier molecular flexibility index (Phi) is 4.33. The quantitative estimate of drug-likeness (QED) is 0.671. The van der Waals surface area contributed by atoms with Crippen molar-refractivity contribution in [3.05, 3.63) is 69.8 Å². The largest absolute Gasteiger partial charge is 0.340 e. The molecule has 118 valence electrons. The van der Waals surface area contributed by atoms with Gasteiger partial charge in [0.1, 0.15) is 5.69 Å². The summed E-state index contributed by atoms with van der Waals surface area (Å²) in [6, 6.07) is 15.0. The van der Waals surface area contributed by atoms with Crippen LogP contribution < -0.4 is 0 Å². The van der Waals surface area contributed by atoms with Crippen molar-refractivity contribution in [1.29, 1.82) is 0 Å². The highest BCUT2D eigenvalue weighted by atomic mass is 35.5. The Morgan fingerprint density at radius 3 is 2.39 bits per heavy atom. The van der Waals surface area contributed by atoms with Gasteiger partial charge in [-0.3, -0.25) is 4.79 Å². The molecule has 0 aliphatic rings. The van der Waals surface area contributed by atoms with Crippen LogP contribution in [0.4, 0.5) is 0 Å². The molecule has 0 bridgehead atoms. The van der Waals surface area contributed by atoms with Crippen LogP contribution in [0.5, 0.6) is 0 Å². The van der Waals surface area contributed by atoms with Crippen LogP contribution in [0.3, 0.4) is 0 Å². The van der Waals surface area contributed by atoms with Crippen LogP contribution in [0.15, 0.2) is 48.5 Å². The standard InChI is InChI=1S/C18H16Cl2N2O/c1-21(11-12-3-6-14(19)7-4-12)18(23)17-9-13-5-8-15(20)10-16(13)22(17)2/h3-10H,11H2,1-2H3. The Bertz CT molecular complexity index is 869. The first-order chi connectivity index (χ1) is 11.0. The molecule has 1 aromatic heterocycles. The number of benzene rings is 2. The van der Waals surface area contributed by atoms with Gasteiger partial charge in [-0.05, 0) is 35.9 Å². The summed E-state index contributed by atoms with van der Waals surface area (Å²) < 4.78 is 1.88. The summed E-state index contributed by atoms with van der Waals surface area (Å²) in [4.78, 5) is 14.4. The fourth-order valence-electron chi connectivity index (χ4n) is 2.64. The second kappa shape index (κ2) is 6.26. The molecule has 1 heterocycles. The van der Waals surface area contributed by atoms with E-state index in [1.807, 2.05) is 60.1 Å². The SMILES string of the molecule is CN(Cc1ccc(Cl)cc1)C(=O)c1cc2ccc(Cl)cc2n1C. The van der Waals surface area contributed by atoms with Gasteiger partial charge in [-0.25, -0.2) is 0 Å². The van der Waals surface area contributed by atoms with Crippen molar-refractivity contribution in [1.82, 2.24) is 9.47 Å². The molecule has 0 aliphatic heterocycles.